The SMILES string of the molecule is CCOC(=O)CCc1csc(N(C)Cc2ccsc2)n1. The maximum Gasteiger partial charge on any atom is 0.306 e. The number of ether oxygens (including phenoxy) is 1. The summed E-state index contributed by atoms with van der Waals surface area (Å²) in [4.78, 5) is 18.0. The number of nitrogens with zero attached hydrogens (tertiary/aromatic N) is 2. The molecule has 2 aromatic rings. The Balaban J connectivity index is 1.86. The van der Waals surface area contributed by atoms with E-state index >= 15 is 0 Å². The van der Waals surface area contributed by atoms with Crippen molar-refractivity contribution in [1.29, 1.82) is 0 Å². The Morgan fingerprint density at radius 3 is 3.00 bits per heavy atom. The largest absolute Gasteiger partial charge is 0.466 e. The van der Waals surface area contributed by atoms with Crippen molar-refractivity contribution < 1.29 is 9.53 Å². The van der Waals surface area contributed by atoms with Gasteiger partial charge in [0, 0.05) is 25.4 Å². The summed E-state index contributed by atoms with van der Waals surface area (Å²) < 4.78 is 4.92. The van der Waals surface area contributed by atoms with Gasteiger partial charge in [-0.2, -0.15) is 11.3 Å². The van der Waals surface area contributed by atoms with Crippen molar-refractivity contribution in [3.05, 3.63) is 33.5 Å². The summed E-state index contributed by atoms with van der Waals surface area (Å²) in [6, 6.07) is 2.12. The quantitative estimate of drug-likeness (QED) is 0.736. The Hall–Kier alpha value is -1.40. The zero-order valence-electron chi connectivity index (χ0n) is 11.7. The Kier molecular flexibility index (Phi) is 5.55. The minimum Gasteiger partial charge on any atom is -0.466 e. The third-order valence-corrected chi connectivity index (χ3v) is 4.49. The minimum atomic E-state index is -0.159. The fourth-order valence-corrected chi connectivity index (χ4v) is 3.26. The number of carbonyl (C=O) groups is 1. The summed E-state index contributed by atoms with van der Waals surface area (Å²) in [5.41, 5.74) is 2.25. The topological polar surface area (TPSA) is 42.4 Å². The van der Waals surface area contributed by atoms with E-state index in [0.29, 0.717) is 19.4 Å². The second kappa shape index (κ2) is 7.40. The average Bonchev–Trinajstić information content (AvgIpc) is 3.07. The van der Waals surface area contributed by atoms with Gasteiger partial charge in [0.1, 0.15) is 0 Å². The van der Waals surface area contributed by atoms with Gasteiger partial charge in [0.05, 0.1) is 18.7 Å². The molecule has 6 heteroatoms. The monoisotopic (exact) mass is 310 g/mol. The van der Waals surface area contributed by atoms with Crippen LogP contribution in [-0.2, 0) is 22.5 Å². The first kappa shape index (κ1) is 15.0. The van der Waals surface area contributed by atoms with Crippen molar-refractivity contribution in [3.63, 3.8) is 0 Å². The molecule has 0 fully saturated rings. The van der Waals surface area contributed by atoms with Gasteiger partial charge in [0.2, 0.25) is 0 Å². The molecule has 2 heterocycles. The lowest BCUT2D eigenvalue weighted by Gasteiger charge is -2.14. The zero-order chi connectivity index (χ0) is 14.4. The lowest BCUT2D eigenvalue weighted by molar-refractivity contribution is -0.143. The molecule has 4 nitrogen and oxygen atoms in total. The molecule has 0 atom stereocenters. The number of rotatable bonds is 7. The van der Waals surface area contributed by atoms with E-state index in [2.05, 4.69) is 26.7 Å². The van der Waals surface area contributed by atoms with Crippen LogP contribution >= 0.6 is 22.7 Å². The molecule has 0 aliphatic carbocycles. The molecular formula is C14H18N2O2S2. The highest BCUT2D eigenvalue weighted by Gasteiger charge is 2.10. The maximum atomic E-state index is 11.3. The van der Waals surface area contributed by atoms with E-state index in [1.807, 2.05) is 19.4 Å². The number of carbonyl (C=O) groups excluding carboxylic acids is 1. The molecule has 0 aromatic carbocycles. The van der Waals surface area contributed by atoms with Gasteiger partial charge in [-0.25, -0.2) is 4.98 Å². The summed E-state index contributed by atoms with van der Waals surface area (Å²) in [6.45, 7) is 3.11. The van der Waals surface area contributed by atoms with Crippen LogP contribution in [0.15, 0.2) is 22.2 Å². The Labute approximate surface area is 127 Å². The van der Waals surface area contributed by atoms with E-state index in [9.17, 15) is 4.79 Å². The van der Waals surface area contributed by atoms with E-state index in [4.69, 9.17) is 4.74 Å². The molecule has 0 N–H and O–H groups in total. The van der Waals surface area contributed by atoms with Crippen LogP contribution in [0.3, 0.4) is 0 Å². The van der Waals surface area contributed by atoms with Crippen LogP contribution in [0.2, 0.25) is 0 Å². The first-order valence-electron chi connectivity index (χ1n) is 6.51. The zero-order valence-corrected chi connectivity index (χ0v) is 13.3. The highest BCUT2D eigenvalue weighted by atomic mass is 32.1. The summed E-state index contributed by atoms with van der Waals surface area (Å²) in [5, 5.41) is 7.22. The van der Waals surface area contributed by atoms with E-state index in [0.717, 1.165) is 17.4 Å². The van der Waals surface area contributed by atoms with E-state index in [1.165, 1.54) is 5.56 Å². The third kappa shape index (κ3) is 4.31. The van der Waals surface area contributed by atoms with Gasteiger partial charge in [-0.05, 0) is 29.3 Å². The average molecular weight is 310 g/mol. The molecule has 0 radical (unpaired) electrons. The molecule has 20 heavy (non-hydrogen) atoms. The molecule has 2 aromatic heterocycles. The van der Waals surface area contributed by atoms with Crippen LogP contribution in [0.5, 0.6) is 0 Å². The maximum absolute atomic E-state index is 11.3. The smallest absolute Gasteiger partial charge is 0.306 e. The molecular weight excluding hydrogens is 292 g/mol. The normalized spacial score (nSPS) is 10.5. The summed E-state index contributed by atoms with van der Waals surface area (Å²) in [7, 11) is 2.03. The predicted molar refractivity (Wildman–Crippen MR) is 83.5 cm³/mol. The van der Waals surface area contributed by atoms with Gasteiger partial charge in [0.15, 0.2) is 5.13 Å². The van der Waals surface area contributed by atoms with Crippen LogP contribution in [0.1, 0.15) is 24.6 Å². The molecule has 0 saturated carbocycles. The highest BCUT2D eigenvalue weighted by Crippen LogP contribution is 2.22. The van der Waals surface area contributed by atoms with Gasteiger partial charge in [-0.15, -0.1) is 11.3 Å². The number of hydrogen-bond acceptors (Lipinski definition) is 6. The number of aromatic nitrogens is 1. The molecule has 0 aliphatic heterocycles. The summed E-state index contributed by atoms with van der Waals surface area (Å²) in [6.07, 6.45) is 1.03. The molecule has 2 rings (SSSR count). The standard InChI is InChI=1S/C14H18N2O2S2/c1-3-18-13(17)5-4-12-10-20-14(15-12)16(2)8-11-6-7-19-9-11/h6-7,9-10H,3-5,8H2,1-2H3. The second-order valence-corrected chi connectivity index (χ2v) is 6.03. The van der Waals surface area contributed by atoms with Crippen LogP contribution in [0.25, 0.3) is 0 Å². The van der Waals surface area contributed by atoms with Gasteiger partial charge in [-0.1, -0.05) is 0 Å². The Morgan fingerprint density at radius 1 is 1.45 bits per heavy atom. The van der Waals surface area contributed by atoms with Crippen molar-refractivity contribution in [3.8, 4) is 0 Å². The van der Waals surface area contributed by atoms with Crippen LogP contribution in [0.4, 0.5) is 5.13 Å². The van der Waals surface area contributed by atoms with Crippen LogP contribution in [0, 0.1) is 0 Å². The molecule has 108 valence electrons. The molecule has 0 bridgehead atoms. The van der Waals surface area contributed by atoms with Crippen molar-refractivity contribution in [2.45, 2.75) is 26.3 Å². The van der Waals surface area contributed by atoms with E-state index < -0.39 is 0 Å². The fraction of sp³-hybridized carbons (Fsp3) is 0.429. The number of thiophene rings is 1. The van der Waals surface area contributed by atoms with Gasteiger partial charge >= 0.3 is 5.97 Å². The lowest BCUT2D eigenvalue weighted by atomic mass is 10.2. The number of esters is 1. The van der Waals surface area contributed by atoms with Crippen molar-refractivity contribution in [2.75, 3.05) is 18.6 Å². The van der Waals surface area contributed by atoms with Gasteiger partial charge in [-0.3, -0.25) is 4.79 Å². The third-order valence-electron chi connectivity index (χ3n) is 2.76. The predicted octanol–water partition coefficient (Wildman–Crippen LogP) is 3.34. The van der Waals surface area contributed by atoms with E-state index in [1.54, 1.807) is 22.7 Å². The van der Waals surface area contributed by atoms with E-state index in [-0.39, 0.29) is 5.97 Å². The fourth-order valence-electron chi connectivity index (χ4n) is 1.77. The highest BCUT2D eigenvalue weighted by molar-refractivity contribution is 7.13. The van der Waals surface area contributed by atoms with Crippen LogP contribution in [-0.4, -0.2) is 24.6 Å². The number of hydrogen-bond donors (Lipinski definition) is 0. The Morgan fingerprint density at radius 2 is 2.30 bits per heavy atom. The summed E-state index contributed by atoms with van der Waals surface area (Å²) >= 11 is 3.31. The first-order valence-corrected chi connectivity index (χ1v) is 8.33. The molecule has 0 spiro atoms. The number of anilines is 1. The van der Waals surface area contributed by atoms with Gasteiger partial charge in [0.25, 0.3) is 0 Å². The molecule has 0 aliphatic rings. The van der Waals surface area contributed by atoms with Crippen molar-refractivity contribution in [2.24, 2.45) is 0 Å². The van der Waals surface area contributed by atoms with Crippen LogP contribution < -0.4 is 4.90 Å². The second-order valence-electron chi connectivity index (χ2n) is 4.41. The molecule has 0 amide bonds. The molecule has 0 unspecified atom stereocenters. The van der Waals surface area contributed by atoms with Crippen molar-refractivity contribution in [1.82, 2.24) is 4.98 Å². The number of thiazole rings is 1. The molecule has 0 saturated heterocycles. The number of aryl methyl sites for hydroxylation is 1. The minimum absolute atomic E-state index is 0.159. The summed E-state index contributed by atoms with van der Waals surface area (Å²) in [5.74, 6) is -0.159. The Bertz CT molecular complexity index is 537. The van der Waals surface area contributed by atoms with Gasteiger partial charge < -0.3 is 9.64 Å². The van der Waals surface area contributed by atoms with Crippen molar-refractivity contribution >= 4 is 33.8 Å². The lowest BCUT2D eigenvalue weighted by Crippen LogP contribution is -2.15. The first-order chi connectivity index (χ1) is 9.69.